The highest BCUT2D eigenvalue weighted by molar-refractivity contribution is 6.06. The van der Waals surface area contributed by atoms with Gasteiger partial charge in [-0.2, -0.15) is 0 Å². The highest BCUT2D eigenvalue weighted by Crippen LogP contribution is 2.27. The van der Waals surface area contributed by atoms with Gasteiger partial charge in [-0.05, 0) is 62.3 Å². The number of rotatable bonds is 8. The van der Waals surface area contributed by atoms with Gasteiger partial charge in [0.25, 0.3) is 5.91 Å². The summed E-state index contributed by atoms with van der Waals surface area (Å²) < 4.78 is 12.0. The summed E-state index contributed by atoms with van der Waals surface area (Å²) in [7, 11) is 2.12. The minimum absolute atomic E-state index is 0.264. The minimum atomic E-state index is -0.264. The molecule has 1 amide bonds. The van der Waals surface area contributed by atoms with Gasteiger partial charge in [-0.15, -0.1) is 0 Å². The third-order valence-electron chi connectivity index (χ3n) is 5.47. The third kappa shape index (κ3) is 5.61. The van der Waals surface area contributed by atoms with E-state index in [1.54, 1.807) is 36.7 Å². The number of likely N-dealkylation sites (tertiary alicyclic amines) is 1. The zero-order chi connectivity index (χ0) is 21.5. The molecular formula is C25H27N3O3. The smallest absolute Gasteiger partial charge is 0.259 e. The van der Waals surface area contributed by atoms with Gasteiger partial charge in [0.05, 0.1) is 17.4 Å². The lowest BCUT2D eigenvalue weighted by atomic mass is 10.1. The number of pyridine rings is 1. The van der Waals surface area contributed by atoms with Gasteiger partial charge in [0.2, 0.25) is 0 Å². The molecule has 0 unspecified atom stereocenters. The summed E-state index contributed by atoms with van der Waals surface area (Å²) in [5, 5.41) is 2.88. The lowest BCUT2D eigenvalue weighted by Gasteiger charge is -2.20. The number of benzene rings is 2. The van der Waals surface area contributed by atoms with E-state index >= 15 is 0 Å². The first-order chi connectivity index (χ1) is 15.2. The highest BCUT2D eigenvalue weighted by Gasteiger charge is 2.22. The van der Waals surface area contributed by atoms with Gasteiger partial charge < -0.3 is 19.7 Å². The Morgan fingerprint density at radius 3 is 2.74 bits per heavy atom. The number of hydrogen-bond acceptors (Lipinski definition) is 5. The molecule has 1 saturated heterocycles. The molecule has 6 nitrogen and oxygen atoms in total. The molecule has 3 aromatic rings. The molecule has 2 heterocycles. The Hall–Kier alpha value is -3.38. The topological polar surface area (TPSA) is 63.7 Å². The van der Waals surface area contributed by atoms with Crippen LogP contribution < -0.4 is 14.8 Å². The molecule has 0 saturated carbocycles. The number of anilines is 1. The summed E-state index contributed by atoms with van der Waals surface area (Å²) in [6, 6.07) is 19.3. The van der Waals surface area contributed by atoms with E-state index in [4.69, 9.17) is 9.47 Å². The molecule has 6 heteroatoms. The number of carbonyl (C=O) groups is 1. The Morgan fingerprint density at radius 1 is 1.13 bits per heavy atom. The Balaban J connectivity index is 1.51. The molecule has 1 aliphatic heterocycles. The monoisotopic (exact) mass is 417 g/mol. The molecule has 31 heavy (non-hydrogen) atoms. The molecule has 0 spiro atoms. The van der Waals surface area contributed by atoms with Gasteiger partial charge in [0.1, 0.15) is 24.7 Å². The first kappa shape index (κ1) is 20.9. The molecular weight excluding hydrogens is 390 g/mol. The van der Waals surface area contributed by atoms with Gasteiger partial charge in [0.15, 0.2) is 0 Å². The summed E-state index contributed by atoms with van der Waals surface area (Å²) >= 11 is 0. The number of carbonyl (C=O) groups excluding carboxylic acids is 1. The molecule has 0 radical (unpaired) electrons. The fourth-order valence-corrected chi connectivity index (χ4v) is 3.65. The van der Waals surface area contributed by atoms with Crippen molar-refractivity contribution in [1.82, 2.24) is 9.88 Å². The quantitative estimate of drug-likeness (QED) is 0.589. The number of likely N-dealkylation sites (N-methyl/N-ethyl adjacent to an activating group) is 1. The van der Waals surface area contributed by atoms with Gasteiger partial charge in [-0.25, -0.2) is 0 Å². The number of amides is 1. The van der Waals surface area contributed by atoms with Crippen molar-refractivity contribution in [2.24, 2.45) is 0 Å². The van der Waals surface area contributed by atoms with E-state index in [0.29, 0.717) is 42.0 Å². The van der Waals surface area contributed by atoms with Crippen molar-refractivity contribution in [3.8, 4) is 11.5 Å². The summed E-state index contributed by atoms with van der Waals surface area (Å²) in [6.07, 6.45) is 5.59. The van der Waals surface area contributed by atoms with Crippen molar-refractivity contribution in [2.45, 2.75) is 25.5 Å². The van der Waals surface area contributed by atoms with Crippen molar-refractivity contribution >= 4 is 11.6 Å². The maximum Gasteiger partial charge on any atom is 0.259 e. The molecule has 1 atom stereocenters. The van der Waals surface area contributed by atoms with E-state index in [0.717, 1.165) is 18.5 Å². The van der Waals surface area contributed by atoms with Crippen LogP contribution in [0.15, 0.2) is 73.1 Å². The van der Waals surface area contributed by atoms with E-state index in [2.05, 4.69) is 22.2 Å². The Labute approximate surface area is 182 Å². The SMILES string of the molecule is CN1CCC[C@@H]1COc1ccc(OCc2ccccc2)c(C(=O)Nc2cccnc2)c1. The number of nitrogens with zero attached hydrogens (tertiary/aromatic N) is 2. The second kappa shape index (κ2) is 10.1. The molecule has 0 bridgehead atoms. The van der Waals surface area contributed by atoms with Crippen LogP contribution in [-0.4, -0.2) is 42.0 Å². The largest absolute Gasteiger partial charge is 0.492 e. The maximum absolute atomic E-state index is 13.0. The number of nitrogens with one attached hydrogen (secondary N) is 1. The van der Waals surface area contributed by atoms with Crippen LogP contribution in [0.1, 0.15) is 28.8 Å². The maximum atomic E-state index is 13.0. The van der Waals surface area contributed by atoms with Crippen LogP contribution in [0.2, 0.25) is 0 Å². The first-order valence-corrected chi connectivity index (χ1v) is 10.5. The van der Waals surface area contributed by atoms with E-state index in [1.165, 1.54) is 6.42 Å². The van der Waals surface area contributed by atoms with Crippen molar-refractivity contribution in [3.05, 3.63) is 84.2 Å². The second-order valence-corrected chi connectivity index (χ2v) is 7.72. The average Bonchev–Trinajstić information content (AvgIpc) is 3.22. The van der Waals surface area contributed by atoms with Crippen molar-refractivity contribution in [3.63, 3.8) is 0 Å². The zero-order valence-corrected chi connectivity index (χ0v) is 17.7. The zero-order valence-electron chi connectivity index (χ0n) is 17.7. The normalized spacial score (nSPS) is 16.1. The average molecular weight is 418 g/mol. The molecule has 2 aromatic carbocycles. The molecule has 4 rings (SSSR count). The van der Waals surface area contributed by atoms with E-state index in [1.807, 2.05) is 36.4 Å². The van der Waals surface area contributed by atoms with E-state index < -0.39 is 0 Å². The van der Waals surface area contributed by atoms with E-state index in [-0.39, 0.29) is 5.91 Å². The highest BCUT2D eigenvalue weighted by atomic mass is 16.5. The first-order valence-electron chi connectivity index (χ1n) is 10.5. The second-order valence-electron chi connectivity index (χ2n) is 7.72. The summed E-state index contributed by atoms with van der Waals surface area (Å²) in [6.45, 7) is 2.07. The summed E-state index contributed by atoms with van der Waals surface area (Å²) in [5.41, 5.74) is 2.09. The number of ether oxygens (including phenoxy) is 2. The minimum Gasteiger partial charge on any atom is -0.492 e. The van der Waals surface area contributed by atoms with Crippen LogP contribution in [0.3, 0.4) is 0 Å². The number of aromatic nitrogens is 1. The Bertz CT molecular complexity index is 995. The van der Waals surface area contributed by atoms with E-state index in [9.17, 15) is 4.79 Å². The molecule has 1 aromatic heterocycles. The van der Waals surface area contributed by atoms with Crippen LogP contribution in [-0.2, 0) is 6.61 Å². The Morgan fingerprint density at radius 2 is 2.00 bits per heavy atom. The van der Waals surface area contributed by atoms with Crippen molar-refractivity contribution < 1.29 is 14.3 Å². The van der Waals surface area contributed by atoms with Gasteiger partial charge in [0, 0.05) is 12.2 Å². The standard InChI is InChI=1S/C25H27N3O3/c1-28-14-6-10-21(28)18-30-22-11-12-24(31-17-19-7-3-2-4-8-19)23(15-22)25(29)27-20-9-5-13-26-16-20/h2-5,7-9,11-13,15-16,21H,6,10,14,17-18H2,1H3,(H,27,29)/t21-/m1/s1. The van der Waals surface area contributed by atoms with Crippen LogP contribution in [0, 0.1) is 0 Å². The lowest BCUT2D eigenvalue weighted by molar-refractivity contribution is 0.102. The Kier molecular flexibility index (Phi) is 6.79. The number of hydrogen-bond donors (Lipinski definition) is 1. The predicted octanol–water partition coefficient (Wildman–Crippen LogP) is 4.39. The molecule has 0 aliphatic carbocycles. The van der Waals surface area contributed by atoms with Crippen LogP contribution in [0.25, 0.3) is 0 Å². The summed E-state index contributed by atoms with van der Waals surface area (Å²) in [4.78, 5) is 19.4. The third-order valence-corrected chi connectivity index (χ3v) is 5.47. The molecule has 1 fully saturated rings. The van der Waals surface area contributed by atoms with Gasteiger partial charge in [-0.1, -0.05) is 30.3 Å². The molecule has 1 aliphatic rings. The van der Waals surface area contributed by atoms with Crippen LogP contribution >= 0.6 is 0 Å². The fraction of sp³-hybridized carbons (Fsp3) is 0.280. The molecule has 1 N–H and O–H groups in total. The molecule has 160 valence electrons. The van der Waals surface area contributed by atoms with Gasteiger partial charge in [-0.3, -0.25) is 9.78 Å². The summed E-state index contributed by atoms with van der Waals surface area (Å²) in [5.74, 6) is 0.902. The lowest BCUT2D eigenvalue weighted by Crippen LogP contribution is -2.30. The van der Waals surface area contributed by atoms with Crippen molar-refractivity contribution in [1.29, 1.82) is 0 Å². The van der Waals surface area contributed by atoms with Gasteiger partial charge >= 0.3 is 0 Å². The fourth-order valence-electron chi connectivity index (χ4n) is 3.65. The van der Waals surface area contributed by atoms with Crippen molar-refractivity contribution in [2.75, 3.05) is 25.5 Å². The van der Waals surface area contributed by atoms with Crippen LogP contribution in [0.5, 0.6) is 11.5 Å². The predicted molar refractivity (Wildman–Crippen MR) is 121 cm³/mol. The van der Waals surface area contributed by atoms with Crippen LogP contribution in [0.4, 0.5) is 5.69 Å².